The first-order valence-corrected chi connectivity index (χ1v) is 12.8. The van der Waals surface area contributed by atoms with Crippen LogP contribution in [0.1, 0.15) is 5.56 Å². The van der Waals surface area contributed by atoms with E-state index in [0.717, 1.165) is 24.3 Å². The third-order valence-corrected chi connectivity index (χ3v) is 6.65. The van der Waals surface area contributed by atoms with Crippen LogP contribution in [-0.4, -0.2) is 79.0 Å². The van der Waals surface area contributed by atoms with E-state index in [-0.39, 0.29) is 34.1 Å². The molecular formula is C30H26O13. The topological polar surface area (TPSA) is 217 Å². The fraction of sp³-hybridized carbons (Fsp3) is 0.200. The molecule has 0 radical (unpaired) electrons. The summed E-state index contributed by atoms with van der Waals surface area (Å²) in [6.45, 7) is -0.544. The monoisotopic (exact) mass is 594 g/mol. The van der Waals surface area contributed by atoms with E-state index in [1.807, 2.05) is 0 Å². The van der Waals surface area contributed by atoms with Gasteiger partial charge < -0.3 is 54.4 Å². The number of esters is 1. The molecule has 2 aliphatic heterocycles. The fourth-order valence-corrected chi connectivity index (χ4v) is 4.37. The number of ether oxygens (including phenoxy) is 3. The number of phenolic OH excluding ortho intramolecular Hbond substituents is 4. The Kier molecular flexibility index (Phi) is 8.23. The maximum atomic E-state index is 12.2. The summed E-state index contributed by atoms with van der Waals surface area (Å²) in [4.78, 5) is 24.2. The molecular weight excluding hydrogens is 568 g/mol. The Morgan fingerprint density at radius 1 is 0.837 bits per heavy atom. The minimum absolute atomic E-state index is 0.0399. The van der Waals surface area contributed by atoms with Crippen LogP contribution in [0.15, 0.2) is 76.0 Å². The molecule has 1 aliphatic carbocycles. The summed E-state index contributed by atoms with van der Waals surface area (Å²) in [5.41, 5.74) is 0.241. The number of phenols is 4. The first kappa shape index (κ1) is 29.4. The van der Waals surface area contributed by atoms with Crippen molar-refractivity contribution in [2.45, 2.75) is 30.7 Å². The normalized spacial score (nSPS) is 22.1. The smallest absolute Gasteiger partial charge is 0.330 e. The van der Waals surface area contributed by atoms with Crippen LogP contribution in [0.2, 0.25) is 0 Å². The molecule has 0 unspecified atom stereocenters. The first-order valence-electron chi connectivity index (χ1n) is 12.8. The van der Waals surface area contributed by atoms with Gasteiger partial charge in [0.2, 0.25) is 6.29 Å². The Morgan fingerprint density at radius 3 is 2.30 bits per heavy atom. The van der Waals surface area contributed by atoms with Gasteiger partial charge in [-0.3, -0.25) is 4.79 Å². The molecule has 0 bridgehead atoms. The van der Waals surface area contributed by atoms with Gasteiger partial charge in [-0.15, -0.1) is 0 Å². The van der Waals surface area contributed by atoms with Crippen molar-refractivity contribution in [3.8, 4) is 51.4 Å². The summed E-state index contributed by atoms with van der Waals surface area (Å²) < 4.78 is 22.5. The summed E-state index contributed by atoms with van der Waals surface area (Å²) >= 11 is 0. The highest BCUT2D eigenvalue weighted by Gasteiger charge is 2.46. The zero-order valence-corrected chi connectivity index (χ0v) is 22.1. The molecule has 1 fully saturated rings. The van der Waals surface area contributed by atoms with E-state index < -0.39 is 66.0 Å². The predicted molar refractivity (Wildman–Crippen MR) is 147 cm³/mol. The van der Waals surface area contributed by atoms with Crippen molar-refractivity contribution in [1.82, 2.24) is 0 Å². The molecule has 1 saturated heterocycles. The van der Waals surface area contributed by atoms with E-state index in [0.29, 0.717) is 5.56 Å². The lowest BCUT2D eigenvalue weighted by molar-refractivity contribution is -0.278. The molecule has 0 spiro atoms. The molecule has 0 aromatic heterocycles. The number of hydrogen-bond donors (Lipinski definition) is 7. The lowest BCUT2D eigenvalue weighted by Gasteiger charge is -2.40. The van der Waals surface area contributed by atoms with Crippen molar-refractivity contribution < 1.29 is 59.2 Å². The average molecular weight is 595 g/mol. The Balaban J connectivity index is 1.40. The van der Waals surface area contributed by atoms with Crippen molar-refractivity contribution in [2.75, 3.05) is 6.61 Å². The van der Waals surface area contributed by atoms with Crippen LogP contribution in [0, 0.1) is 0 Å². The lowest BCUT2D eigenvalue weighted by Crippen LogP contribution is -2.60. The predicted octanol–water partition coefficient (Wildman–Crippen LogP) is 1.68. The third-order valence-electron chi connectivity index (χ3n) is 6.65. The van der Waals surface area contributed by atoms with Gasteiger partial charge in [0, 0.05) is 23.8 Å². The van der Waals surface area contributed by atoms with Gasteiger partial charge in [0.25, 0.3) is 0 Å². The SMILES string of the molecule is O=C(C=Cc1ccc(O)cc1)OC[C@H]1O[C@@H](Oc2cc3c(O)cc(=O)cc-3oc2-c2ccc(O)c(O)c2)[C@H](O)[C@H](O)[C@@H]1O. The van der Waals surface area contributed by atoms with Crippen molar-refractivity contribution in [2.24, 2.45) is 0 Å². The Morgan fingerprint density at radius 2 is 1.58 bits per heavy atom. The Labute approximate surface area is 242 Å². The van der Waals surface area contributed by atoms with Gasteiger partial charge in [-0.05, 0) is 48.0 Å². The number of aromatic hydroxyl groups is 4. The molecule has 2 heterocycles. The lowest BCUT2D eigenvalue weighted by atomic mass is 9.99. The second-order valence-corrected chi connectivity index (χ2v) is 9.68. The van der Waals surface area contributed by atoms with E-state index in [1.165, 1.54) is 36.4 Å². The standard InChI is InChI=1S/C30H26O13/c31-16-5-1-14(2-6-16)3-8-25(36)40-13-24-26(37)27(38)28(39)30(43-24)42-23-12-18-20(34)10-17(32)11-22(18)41-29(23)15-4-7-19(33)21(35)9-15/h1-12,24,26-28,30-31,33-35,37-39H,13H2/t24-,26-,27-,28-,30-/m1/s1. The van der Waals surface area contributed by atoms with Gasteiger partial charge in [0.15, 0.2) is 28.4 Å². The highest BCUT2D eigenvalue weighted by atomic mass is 16.7. The Hall–Kier alpha value is -5.08. The zero-order chi connectivity index (χ0) is 30.8. The number of carbonyl (C=O) groups excluding carboxylic acids is 1. The molecule has 5 rings (SSSR count). The minimum Gasteiger partial charge on any atom is -0.508 e. The molecule has 0 saturated carbocycles. The maximum absolute atomic E-state index is 12.2. The average Bonchev–Trinajstić information content (AvgIpc) is 2.98. The van der Waals surface area contributed by atoms with Gasteiger partial charge in [0.1, 0.15) is 48.3 Å². The summed E-state index contributed by atoms with van der Waals surface area (Å²) in [5.74, 6) is -2.48. The number of aliphatic hydroxyl groups is 3. The van der Waals surface area contributed by atoms with Crippen molar-refractivity contribution >= 4 is 12.0 Å². The van der Waals surface area contributed by atoms with Crippen molar-refractivity contribution in [3.63, 3.8) is 0 Å². The van der Waals surface area contributed by atoms with Crippen LogP contribution in [0.25, 0.3) is 28.7 Å². The van der Waals surface area contributed by atoms with Gasteiger partial charge in [-0.2, -0.15) is 0 Å². The van der Waals surface area contributed by atoms with E-state index in [9.17, 15) is 45.3 Å². The third kappa shape index (κ3) is 6.39. The van der Waals surface area contributed by atoms with Gasteiger partial charge >= 0.3 is 5.97 Å². The van der Waals surface area contributed by atoms with E-state index in [4.69, 9.17) is 18.6 Å². The van der Waals surface area contributed by atoms with Gasteiger partial charge in [-0.1, -0.05) is 12.1 Å². The molecule has 2 aromatic rings. The van der Waals surface area contributed by atoms with Crippen LogP contribution in [0.5, 0.6) is 28.7 Å². The van der Waals surface area contributed by atoms with Crippen LogP contribution in [0.4, 0.5) is 0 Å². The largest absolute Gasteiger partial charge is 0.508 e. The molecule has 2 aromatic carbocycles. The summed E-state index contributed by atoms with van der Waals surface area (Å²) in [6, 6.07) is 13.0. The van der Waals surface area contributed by atoms with E-state index in [1.54, 1.807) is 12.1 Å². The number of aliphatic hydroxyl groups excluding tert-OH is 3. The van der Waals surface area contributed by atoms with E-state index >= 15 is 0 Å². The fourth-order valence-electron chi connectivity index (χ4n) is 4.37. The summed E-state index contributed by atoms with van der Waals surface area (Å²) in [6.07, 6.45) is -5.79. The number of carbonyl (C=O) groups is 1. The quantitative estimate of drug-likeness (QED) is 0.0922. The number of rotatable bonds is 7. The molecule has 7 N–H and O–H groups in total. The highest BCUT2D eigenvalue weighted by Crippen LogP contribution is 2.43. The Bertz CT molecular complexity index is 1680. The van der Waals surface area contributed by atoms with Gasteiger partial charge in [-0.25, -0.2) is 4.79 Å². The zero-order valence-electron chi connectivity index (χ0n) is 22.1. The number of benzene rings is 3. The van der Waals surface area contributed by atoms with E-state index in [2.05, 4.69) is 0 Å². The first-order chi connectivity index (χ1) is 20.5. The van der Waals surface area contributed by atoms with Crippen LogP contribution < -0.4 is 10.2 Å². The molecule has 13 nitrogen and oxygen atoms in total. The second-order valence-electron chi connectivity index (χ2n) is 9.68. The molecule has 0 amide bonds. The second kappa shape index (κ2) is 12.0. The molecule has 43 heavy (non-hydrogen) atoms. The summed E-state index contributed by atoms with van der Waals surface area (Å²) in [7, 11) is 0. The van der Waals surface area contributed by atoms with Crippen molar-refractivity contribution in [1.29, 1.82) is 0 Å². The van der Waals surface area contributed by atoms with Crippen molar-refractivity contribution in [3.05, 3.63) is 82.5 Å². The maximum Gasteiger partial charge on any atom is 0.330 e. The number of fused-ring (bicyclic) bond motifs is 1. The molecule has 13 heteroatoms. The van der Waals surface area contributed by atoms with Crippen LogP contribution in [-0.2, 0) is 14.3 Å². The van der Waals surface area contributed by atoms with Crippen LogP contribution in [0.3, 0.4) is 0 Å². The number of hydrogen-bond acceptors (Lipinski definition) is 13. The molecule has 224 valence electrons. The molecule has 3 aliphatic rings. The summed E-state index contributed by atoms with van der Waals surface area (Å²) in [5, 5.41) is 71.1. The van der Waals surface area contributed by atoms with Gasteiger partial charge in [0.05, 0.1) is 5.56 Å². The molecule has 5 atom stereocenters. The highest BCUT2D eigenvalue weighted by molar-refractivity contribution is 5.87. The minimum atomic E-state index is -1.81. The van der Waals surface area contributed by atoms with Crippen LogP contribution >= 0.6 is 0 Å².